The van der Waals surface area contributed by atoms with Crippen molar-refractivity contribution in [3.05, 3.63) is 28.2 Å². The van der Waals surface area contributed by atoms with E-state index in [9.17, 15) is 8.78 Å². The zero-order valence-corrected chi connectivity index (χ0v) is 12.6. The zero-order chi connectivity index (χ0) is 13.8. The quantitative estimate of drug-likeness (QED) is 0.868. The summed E-state index contributed by atoms with van der Waals surface area (Å²) < 4.78 is 27.1. The summed E-state index contributed by atoms with van der Waals surface area (Å²) in [5, 5.41) is 6.59. The molecule has 0 bridgehead atoms. The van der Waals surface area contributed by atoms with Crippen molar-refractivity contribution in [1.82, 2.24) is 5.32 Å². The highest BCUT2D eigenvalue weighted by atomic mass is 79.9. The molecule has 0 amide bonds. The van der Waals surface area contributed by atoms with Gasteiger partial charge in [-0.2, -0.15) is 0 Å². The van der Waals surface area contributed by atoms with Crippen molar-refractivity contribution in [2.24, 2.45) is 0 Å². The Labute approximate surface area is 121 Å². The van der Waals surface area contributed by atoms with Gasteiger partial charge in [0.05, 0.1) is 5.69 Å². The van der Waals surface area contributed by atoms with E-state index in [2.05, 4.69) is 26.6 Å². The van der Waals surface area contributed by atoms with Crippen LogP contribution in [-0.4, -0.2) is 18.6 Å². The van der Waals surface area contributed by atoms with Crippen molar-refractivity contribution in [3.63, 3.8) is 0 Å². The maximum atomic E-state index is 13.7. The van der Waals surface area contributed by atoms with Gasteiger partial charge in [0.1, 0.15) is 11.6 Å². The number of rotatable bonds is 4. The van der Waals surface area contributed by atoms with Crippen molar-refractivity contribution in [3.8, 4) is 0 Å². The topological polar surface area (TPSA) is 24.1 Å². The number of halogens is 3. The van der Waals surface area contributed by atoms with Crippen LogP contribution in [0.4, 0.5) is 14.5 Å². The predicted molar refractivity (Wildman–Crippen MR) is 77.4 cm³/mol. The Balaban J connectivity index is 1.96. The highest BCUT2D eigenvalue weighted by molar-refractivity contribution is 9.10. The summed E-state index contributed by atoms with van der Waals surface area (Å²) in [6, 6.07) is 2.79. The van der Waals surface area contributed by atoms with Gasteiger partial charge in [-0.15, -0.1) is 0 Å². The number of hydrogen-bond donors (Lipinski definition) is 2. The Morgan fingerprint density at radius 1 is 1.42 bits per heavy atom. The summed E-state index contributed by atoms with van der Waals surface area (Å²) >= 11 is 3.19. The van der Waals surface area contributed by atoms with Crippen LogP contribution in [-0.2, 0) is 0 Å². The van der Waals surface area contributed by atoms with Crippen LogP contribution in [0.2, 0.25) is 0 Å². The first kappa shape index (κ1) is 14.7. The summed E-state index contributed by atoms with van der Waals surface area (Å²) in [6.45, 7) is 3.08. The number of hydrogen-bond acceptors (Lipinski definition) is 2. The predicted octanol–water partition coefficient (Wildman–Crippen LogP) is 4.06. The summed E-state index contributed by atoms with van der Waals surface area (Å²) in [4.78, 5) is 0. The van der Waals surface area contributed by atoms with E-state index in [1.165, 1.54) is 25.3 Å². The molecule has 2 N–H and O–H groups in total. The van der Waals surface area contributed by atoms with E-state index in [0.717, 1.165) is 19.0 Å². The lowest BCUT2D eigenvalue weighted by atomic mass is 9.98. The molecule has 0 aliphatic carbocycles. The van der Waals surface area contributed by atoms with Crippen molar-refractivity contribution < 1.29 is 8.78 Å². The van der Waals surface area contributed by atoms with Gasteiger partial charge in [0.15, 0.2) is 0 Å². The minimum absolute atomic E-state index is 0.131. The standard InChI is InChI=1S/C14H19BrF2N2/c1-9(6-11-4-2-3-5-18-11)19-14-12(15)7-10(16)8-13(14)17/h7-9,11,18-19H,2-6H2,1H3. The van der Waals surface area contributed by atoms with Crippen LogP contribution in [0.15, 0.2) is 16.6 Å². The van der Waals surface area contributed by atoms with Crippen molar-refractivity contribution in [1.29, 1.82) is 0 Å². The van der Waals surface area contributed by atoms with Gasteiger partial charge in [0.2, 0.25) is 0 Å². The number of anilines is 1. The molecule has 1 fully saturated rings. The van der Waals surface area contributed by atoms with E-state index >= 15 is 0 Å². The molecule has 1 saturated heterocycles. The lowest BCUT2D eigenvalue weighted by Gasteiger charge is -2.27. The summed E-state index contributed by atoms with van der Waals surface area (Å²) in [7, 11) is 0. The van der Waals surface area contributed by atoms with Crippen LogP contribution in [0, 0.1) is 11.6 Å². The smallest absolute Gasteiger partial charge is 0.150 e. The fourth-order valence-corrected chi connectivity index (χ4v) is 3.06. The van der Waals surface area contributed by atoms with Crippen LogP contribution >= 0.6 is 15.9 Å². The lowest BCUT2D eigenvalue weighted by molar-refractivity contribution is 0.371. The molecule has 19 heavy (non-hydrogen) atoms. The normalized spacial score (nSPS) is 21.2. The second kappa shape index (κ2) is 6.66. The van der Waals surface area contributed by atoms with E-state index in [0.29, 0.717) is 16.2 Å². The maximum absolute atomic E-state index is 13.7. The third kappa shape index (κ3) is 4.14. The van der Waals surface area contributed by atoms with Crippen LogP contribution in [0.5, 0.6) is 0 Å². The molecule has 1 aliphatic heterocycles. The van der Waals surface area contributed by atoms with E-state index in [-0.39, 0.29) is 6.04 Å². The molecule has 0 radical (unpaired) electrons. The highest BCUT2D eigenvalue weighted by Gasteiger charge is 2.17. The molecule has 2 unspecified atom stereocenters. The van der Waals surface area contributed by atoms with Crippen LogP contribution in [0.1, 0.15) is 32.6 Å². The van der Waals surface area contributed by atoms with Gasteiger partial charge in [0.25, 0.3) is 0 Å². The Bertz CT molecular complexity index is 410. The second-order valence-electron chi connectivity index (χ2n) is 5.17. The van der Waals surface area contributed by atoms with Crippen molar-refractivity contribution >= 4 is 21.6 Å². The molecule has 2 nitrogen and oxygen atoms in total. The summed E-state index contributed by atoms with van der Waals surface area (Å²) in [6.07, 6.45) is 4.58. The molecule has 1 heterocycles. The summed E-state index contributed by atoms with van der Waals surface area (Å²) in [5.74, 6) is -1.13. The third-order valence-corrected chi connectivity index (χ3v) is 4.07. The fraction of sp³-hybridized carbons (Fsp3) is 0.571. The van der Waals surface area contributed by atoms with Gasteiger partial charge in [-0.05, 0) is 54.7 Å². The van der Waals surface area contributed by atoms with Gasteiger partial charge in [-0.25, -0.2) is 8.78 Å². The maximum Gasteiger partial charge on any atom is 0.150 e. The Morgan fingerprint density at radius 3 is 2.84 bits per heavy atom. The molecular weight excluding hydrogens is 314 g/mol. The lowest BCUT2D eigenvalue weighted by Crippen LogP contribution is -2.37. The first-order valence-electron chi connectivity index (χ1n) is 6.70. The van der Waals surface area contributed by atoms with Gasteiger partial charge in [-0.3, -0.25) is 0 Å². The Hall–Kier alpha value is -0.680. The van der Waals surface area contributed by atoms with Gasteiger partial charge < -0.3 is 10.6 Å². The first-order valence-corrected chi connectivity index (χ1v) is 7.50. The molecule has 5 heteroatoms. The average Bonchev–Trinajstić information content (AvgIpc) is 2.35. The molecule has 1 aromatic carbocycles. The molecule has 1 aliphatic rings. The van der Waals surface area contributed by atoms with E-state index in [4.69, 9.17) is 0 Å². The number of piperidine rings is 1. The minimum Gasteiger partial charge on any atom is -0.379 e. The minimum atomic E-state index is -0.573. The number of nitrogens with one attached hydrogen (secondary N) is 2. The Morgan fingerprint density at radius 2 is 2.21 bits per heavy atom. The van der Waals surface area contributed by atoms with Gasteiger partial charge >= 0.3 is 0 Å². The SMILES string of the molecule is CC(CC1CCCCN1)Nc1c(F)cc(F)cc1Br. The highest BCUT2D eigenvalue weighted by Crippen LogP contribution is 2.28. The first-order chi connectivity index (χ1) is 9.06. The van der Waals surface area contributed by atoms with E-state index in [1.807, 2.05) is 6.92 Å². The van der Waals surface area contributed by atoms with Crippen molar-refractivity contribution in [2.75, 3.05) is 11.9 Å². The molecule has 2 atom stereocenters. The molecule has 0 aromatic heterocycles. The summed E-state index contributed by atoms with van der Waals surface area (Å²) in [5.41, 5.74) is 0.338. The largest absolute Gasteiger partial charge is 0.379 e. The van der Waals surface area contributed by atoms with E-state index < -0.39 is 11.6 Å². The monoisotopic (exact) mass is 332 g/mol. The zero-order valence-electron chi connectivity index (χ0n) is 11.0. The van der Waals surface area contributed by atoms with Crippen LogP contribution in [0.3, 0.4) is 0 Å². The second-order valence-corrected chi connectivity index (χ2v) is 6.03. The van der Waals surface area contributed by atoms with Crippen molar-refractivity contribution in [2.45, 2.75) is 44.7 Å². The molecule has 0 saturated carbocycles. The van der Waals surface area contributed by atoms with Gasteiger partial charge in [-0.1, -0.05) is 6.42 Å². The Kier molecular flexibility index (Phi) is 5.16. The molecule has 1 aromatic rings. The van der Waals surface area contributed by atoms with Crippen LogP contribution in [0.25, 0.3) is 0 Å². The molecule has 0 spiro atoms. The van der Waals surface area contributed by atoms with Gasteiger partial charge in [0, 0.05) is 22.6 Å². The third-order valence-electron chi connectivity index (χ3n) is 3.45. The molecule has 106 valence electrons. The number of benzene rings is 1. The molecule has 2 rings (SSSR count). The fourth-order valence-electron chi connectivity index (χ4n) is 2.54. The molecular formula is C14H19BrF2N2. The van der Waals surface area contributed by atoms with Crippen LogP contribution < -0.4 is 10.6 Å². The van der Waals surface area contributed by atoms with E-state index in [1.54, 1.807) is 0 Å². The average molecular weight is 333 g/mol.